The van der Waals surface area contributed by atoms with Gasteiger partial charge in [-0.2, -0.15) is 0 Å². The maximum Gasteiger partial charge on any atom is 0.0459 e. The van der Waals surface area contributed by atoms with Crippen LogP contribution in [0.3, 0.4) is 0 Å². The Kier molecular flexibility index (Phi) is 5.51. The quantitative estimate of drug-likeness (QED) is 0.636. The molecule has 0 bridgehead atoms. The maximum absolute atomic E-state index is 8.86. The van der Waals surface area contributed by atoms with Gasteiger partial charge in [0.1, 0.15) is 0 Å². The van der Waals surface area contributed by atoms with E-state index in [9.17, 15) is 0 Å². The van der Waals surface area contributed by atoms with Crippen molar-refractivity contribution < 1.29 is 10.2 Å². The van der Waals surface area contributed by atoms with Crippen molar-refractivity contribution in [3.63, 3.8) is 0 Å². The molecule has 0 aliphatic carbocycles. The topological polar surface area (TPSA) is 40.5 Å². The van der Waals surface area contributed by atoms with Crippen LogP contribution in [0.4, 0.5) is 0 Å². The summed E-state index contributed by atoms with van der Waals surface area (Å²) in [7, 11) is 0. The van der Waals surface area contributed by atoms with Gasteiger partial charge in [0.15, 0.2) is 0 Å². The van der Waals surface area contributed by atoms with Gasteiger partial charge in [0.05, 0.1) is 0 Å². The van der Waals surface area contributed by atoms with Crippen LogP contribution in [-0.4, -0.2) is 23.4 Å². The zero-order valence-electron chi connectivity index (χ0n) is 7.75. The average Bonchev–Trinajstić information content (AvgIpc) is 2.02. The summed E-state index contributed by atoms with van der Waals surface area (Å²) < 4.78 is 0. The minimum absolute atomic E-state index is 0.247. The Morgan fingerprint density at radius 1 is 1.00 bits per heavy atom. The van der Waals surface area contributed by atoms with Crippen LogP contribution in [0.5, 0.6) is 0 Å². The second-order valence-electron chi connectivity index (χ2n) is 3.51. The second kappa shape index (κ2) is 5.56. The Balaban J connectivity index is 3.70. The predicted molar refractivity (Wildman–Crippen MR) is 46.3 cm³/mol. The van der Waals surface area contributed by atoms with Crippen LogP contribution < -0.4 is 0 Å². The van der Waals surface area contributed by atoms with Gasteiger partial charge < -0.3 is 10.2 Å². The van der Waals surface area contributed by atoms with Crippen molar-refractivity contribution in [1.82, 2.24) is 0 Å². The Morgan fingerprint density at radius 3 is 1.91 bits per heavy atom. The molecule has 0 saturated heterocycles. The highest BCUT2D eigenvalue weighted by Crippen LogP contribution is 2.22. The first kappa shape index (κ1) is 10.9. The molecular formula is C9H20O2. The van der Waals surface area contributed by atoms with Crippen molar-refractivity contribution in [2.45, 2.75) is 27.2 Å². The van der Waals surface area contributed by atoms with E-state index in [2.05, 4.69) is 13.8 Å². The largest absolute Gasteiger partial charge is 0.396 e. The lowest BCUT2D eigenvalue weighted by Gasteiger charge is -2.23. The third kappa shape index (κ3) is 3.73. The maximum atomic E-state index is 8.86. The van der Waals surface area contributed by atoms with Crippen LogP contribution in [0.1, 0.15) is 27.2 Å². The van der Waals surface area contributed by atoms with E-state index in [-0.39, 0.29) is 13.2 Å². The number of rotatable bonds is 5. The molecule has 0 aliphatic heterocycles. The highest BCUT2D eigenvalue weighted by Gasteiger charge is 2.17. The third-order valence-electron chi connectivity index (χ3n) is 2.67. The lowest BCUT2D eigenvalue weighted by Crippen LogP contribution is -2.20. The van der Waals surface area contributed by atoms with Gasteiger partial charge in [0.2, 0.25) is 0 Å². The third-order valence-corrected chi connectivity index (χ3v) is 2.67. The van der Waals surface area contributed by atoms with E-state index < -0.39 is 0 Å². The van der Waals surface area contributed by atoms with E-state index in [1.807, 2.05) is 6.92 Å². The standard InChI is InChI=1S/C9H20O2/c1-7(4-5-10)9(3)8(2)6-11/h7-11H,4-6H2,1-3H3. The lowest BCUT2D eigenvalue weighted by molar-refractivity contribution is 0.146. The summed E-state index contributed by atoms with van der Waals surface area (Å²) in [5.74, 6) is 1.34. The van der Waals surface area contributed by atoms with Crippen molar-refractivity contribution in [1.29, 1.82) is 0 Å². The minimum atomic E-state index is 0.247. The van der Waals surface area contributed by atoms with E-state index in [4.69, 9.17) is 10.2 Å². The highest BCUT2D eigenvalue weighted by atomic mass is 16.3. The number of hydrogen-bond acceptors (Lipinski definition) is 2. The van der Waals surface area contributed by atoms with Crippen molar-refractivity contribution in [2.24, 2.45) is 17.8 Å². The van der Waals surface area contributed by atoms with Crippen LogP contribution in [0.15, 0.2) is 0 Å². The van der Waals surface area contributed by atoms with Crippen LogP contribution >= 0.6 is 0 Å². The SMILES string of the molecule is CC(CO)C(C)C(C)CCO. The smallest absolute Gasteiger partial charge is 0.0459 e. The van der Waals surface area contributed by atoms with Crippen LogP contribution in [0.25, 0.3) is 0 Å². The number of aliphatic hydroxyl groups is 2. The number of aliphatic hydroxyl groups excluding tert-OH is 2. The Labute approximate surface area is 69.2 Å². The summed E-state index contributed by atoms with van der Waals surface area (Å²) in [4.78, 5) is 0. The van der Waals surface area contributed by atoms with Crippen molar-refractivity contribution in [3.8, 4) is 0 Å². The van der Waals surface area contributed by atoms with Crippen molar-refractivity contribution >= 4 is 0 Å². The van der Waals surface area contributed by atoms with E-state index >= 15 is 0 Å². The van der Waals surface area contributed by atoms with Gasteiger partial charge in [-0.25, -0.2) is 0 Å². The molecule has 0 aromatic rings. The summed E-state index contributed by atoms with van der Waals surface area (Å²) >= 11 is 0. The normalized spacial score (nSPS) is 19.4. The fourth-order valence-electron chi connectivity index (χ4n) is 1.19. The molecule has 0 fully saturated rings. The first-order valence-electron chi connectivity index (χ1n) is 4.35. The van der Waals surface area contributed by atoms with E-state index in [0.29, 0.717) is 17.8 Å². The fourth-order valence-corrected chi connectivity index (χ4v) is 1.19. The molecule has 2 nitrogen and oxygen atoms in total. The molecule has 0 aromatic carbocycles. The molecule has 0 heterocycles. The monoisotopic (exact) mass is 160 g/mol. The lowest BCUT2D eigenvalue weighted by atomic mass is 9.84. The molecule has 0 rings (SSSR count). The molecular weight excluding hydrogens is 140 g/mol. The zero-order valence-corrected chi connectivity index (χ0v) is 7.75. The molecule has 3 unspecified atom stereocenters. The molecule has 2 heteroatoms. The van der Waals surface area contributed by atoms with E-state index in [0.717, 1.165) is 6.42 Å². The van der Waals surface area contributed by atoms with Gasteiger partial charge in [0.25, 0.3) is 0 Å². The summed E-state index contributed by atoms with van der Waals surface area (Å²) in [6.07, 6.45) is 0.839. The first-order valence-corrected chi connectivity index (χ1v) is 4.35. The summed E-state index contributed by atoms with van der Waals surface area (Å²) in [5.41, 5.74) is 0. The van der Waals surface area contributed by atoms with Crippen molar-refractivity contribution in [2.75, 3.05) is 13.2 Å². The Hall–Kier alpha value is -0.0800. The fraction of sp³-hybridized carbons (Fsp3) is 1.00. The molecule has 0 amide bonds. The summed E-state index contributed by atoms with van der Waals surface area (Å²) in [6, 6.07) is 0. The van der Waals surface area contributed by atoms with E-state index in [1.54, 1.807) is 0 Å². The van der Waals surface area contributed by atoms with Gasteiger partial charge in [-0.05, 0) is 24.2 Å². The highest BCUT2D eigenvalue weighted by molar-refractivity contribution is 4.66. The summed E-state index contributed by atoms with van der Waals surface area (Å²) in [6.45, 7) is 6.79. The van der Waals surface area contributed by atoms with Gasteiger partial charge in [-0.15, -0.1) is 0 Å². The molecule has 11 heavy (non-hydrogen) atoms. The average molecular weight is 160 g/mol. The van der Waals surface area contributed by atoms with Crippen molar-refractivity contribution in [3.05, 3.63) is 0 Å². The molecule has 3 atom stereocenters. The zero-order chi connectivity index (χ0) is 8.85. The van der Waals surface area contributed by atoms with E-state index in [1.165, 1.54) is 0 Å². The molecule has 0 spiro atoms. The van der Waals surface area contributed by atoms with Gasteiger partial charge in [-0.3, -0.25) is 0 Å². The van der Waals surface area contributed by atoms with Gasteiger partial charge in [-0.1, -0.05) is 20.8 Å². The predicted octanol–water partition coefficient (Wildman–Crippen LogP) is 1.27. The summed E-state index contributed by atoms with van der Waals surface area (Å²) in [5, 5.41) is 17.5. The minimum Gasteiger partial charge on any atom is -0.396 e. The second-order valence-corrected chi connectivity index (χ2v) is 3.51. The van der Waals surface area contributed by atoms with Crippen LogP contribution in [0.2, 0.25) is 0 Å². The molecule has 0 radical (unpaired) electrons. The molecule has 0 aliphatic rings. The Bertz CT molecular complexity index is 93.6. The number of hydrogen-bond donors (Lipinski definition) is 2. The molecule has 0 saturated carbocycles. The van der Waals surface area contributed by atoms with Gasteiger partial charge >= 0.3 is 0 Å². The molecule has 0 aromatic heterocycles. The first-order chi connectivity index (χ1) is 5.13. The Morgan fingerprint density at radius 2 is 1.55 bits per heavy atom. The van der Waals surface area contributed by atoms with Crippen LogP contribution in [0, 0.1) is 17.8 Å². The molecule has 2 N–H and O–H groups in total. The van der Waals surface area contributed by atoms with Gasteiger partial charge in [0, 0.05) is 13.2 Å². The van der Waals surface area contributed by atoms with Crippen LogP contribution in [-0.2, 0) is 0 Å². The molecule has 68 valence electrons.